The molecule has 0 spiro atoms. The van der Waals surface area contributed by atoms with Crippen LogP contribution in [0.3, 0.4) is 0 Å². The zero-order valence-corrected chi connectivity index (χ0v) is 12.8. The molecule has 0 atom stereocenters. The smallest absolute Gasteiger partial charge is 0.221 e. The lowest BCUT2D eigenvalue weighted by molar-refractivity contribution is 0.897. The fourth-order valence-corrected chi connectivity index (χ4v) is 2.90. The van der Waals surface area contributed by atoms with Gasteiger partial charge >= 0.3 is 0 Å². The molecule has 0 aliphatic rings. The summed E-state index contributed by atoms with van der Waals surface area (Å²) in [5, 5.41) is 9.24. The molecule has 0 radical (unpaired) electrons. The summed E-state index contributed by atoms with van der Waals surface area (Å²) >= 11 is 0. The van der Waals surface area contributed by atoms with Crippen molar-refractivity contribution >= 4 is 33.7 Å². The van der Waals surface area contributed by atoms with Crippen LogP contribution in [0.25, 0.3) is 21.5 Å². The highest BCUT2D eigenvalue weighted by Gasteiger charge is 2.06. The van der Waals surface area contributed by atoms with Gasteiger partial charge in [-0.25, -0.2) is 9.66 Å². The van der Waals surface area contributed by atoms with Crippen LogP contribution in [0, 0.1) is 6.92 Å². The summed E-state index contributed by atoms with van der Waals surface area (Å²) in [6.07, 6.45) is 3.68. The first-order chi connectivity index (χ1) is 11.2. The SMILES string of the molecule is Cc1cn(N=Cc2c3ccccc3cc3ccccc23)c(N)n1. The Labute approximate surface area is 133 Å². The lowest BCUT2D eigenvalue weighted by Crippen LogP contribution is -1.97. The fraction of sp³-hybridized carbons (Fsp3) is 0.0526. The molecule has 0 saturated carbocycles. The number of imidazole rings is 1. The first kappa shape index (κ1) is 13.5. The van der Waals surface area contributed by atoms with Crippen molar-refractivity contribution in [3.05, 3.63) is 72.1 Å². The molecule has 0 saturated heterocycles. The molecule has 0 amide bonds. The number of hydrogen-bond acceptors (Lipinski definition) is 3. The van der Waals surface area contributed by atoms with E-state index in [9.17, 15) is 0 Å². The topological polar surface area (TPSA) is 56.2 Å². The van der Waals surface area contributed by atoms with E-state index in [-0.39, 0.29) is 0 Å². The predicted octanol–water partition coefficient (Wildman–Crippen LogP) is 3.96. The van der Waals surface area contributed by atoms with E-state index in [1.807, 2.05) is 31.5 Å². The minimum Gasteiger partial charge on any atom is -0.368 e. The number of nitrogen functional groups attached to an aromatic ring is 1. The molecular formula is C19H16N4. The van der Waals surface area contributed by atoms with Crippen LogP contribution in [0.2, 0.25) is 0 Å². The molecule has 4 nitrogen and oxygen atoms in total. The first-order valence-electron chi connectivity index (χ1n) is 7.49. The van der Waals surface area contributed by atoms with Gasteiger partial charge in [-0.1, -0.05) is 48.5 Å². The van der Waals surface area contributed by atoms with Gasteiger partial charge in [0.1, 0.15) is 0 Å². The molecular weight excluding hydrogens is 284 g/mol. The monoisotopic (exact) mass is 300 g/mol. The van der Waals surface area contributed by atoms with Crippen molar-refractivity contribution in [1.82, 2.24) is 9.66 Å². The second-order valence-corrected chi connectivity index (χ2v) is 5.56. The van der Waals surface area contributed by atoms with Gasteiger partial charge in [-0.15, -0.1) is 0 Å². The summed E-state index contributed by atoms with van der Waals surface area (Å²) in [4.78, 5) is 4.17. The third-order valence-corrected chi connectivity index (χ3v) is 3.96. The van der Waals surface area contributed by atoms with Gasteiger partial charge in [0.15, 0.2) is 0 Å². The number of aromatic nitrogens is 2. The second kappa shape index (κ2) is 5.25. The quantitative estimate of drug-likeness (QED) is 0.450. The molecule has 4 aromatic rings. The third-order valence-electron chi connectivity index (χ3n) is 3.96. The summed E-state index contributed by atoms with van der Waals surface area (Å²) < 4.78 is 1.60. The van der Waals surface area contributed by atoms with Crippen LogP contribution < -0.4 is 5.73 Å². The molecule has 1 heterocycles. The summed E-state index contributed by atoms with van der Waals surface area (Å²) in [7, 11) is 0. The van der Waals surface area contributed by atoms with E-state index in [4.69, 9.17) is 5.73 Å². The zero-order chi connectivity index (χ0) is 15.8. The predicted molar refractivity (Wildman–Crippen MR) is 95.8 cm³/mol. The number of hydrogen-bond donors (Lipinski definition) is 1. The Morgan fingerprint density at radius 1 is 1.00 bits per heavy atom. The minimum absolute atomic E-state index is 0.392. The van der Waals surface area contributed by atoms with Crippen molar-refractivity contribution in [3.63, 3.8) is 0 Å². The zero-order valence-electron chi connectivity index (χ0n) is 12.8. The lowest BCUT2D eigenvalue weighted by atomic mass is 9.97. The highest BCUT2D eigenvalue weighted by molar-refractivity contribution is 6.13. The Kier molecular flexibility index (Phi) is 3.08. The number of anilines is 1. The Hall–Kier alpha value is -3.14. The van der Waals surface area contributed by atoms with Gasteiger partial charge in [0.2, 0.25) is 5.95 Å². The van der Waals surface area contributed by atoms with E-state index in [1.54, 1.807) is 4.68 Å². The molecule has 112 valence electrons. The highest BCUT2D eigenvalue weighted by atomic mass is 15.4. The first-order valence-corrected chi connectivity index (χ1v) is 7.49. The molecule has 4 rings (SSSR count). The number of nitrogens with zero attached hydrogens (tertiary/aromatic N) is 3. The fourth-order valence-electron chi connectivity index (χ4n) is 2.90. The summed E-state index contributed by atoms with van der Waals surface area (Å²) in [6, 6.07) is 18.9. The number of aryl methyl sites for hydroxylation is 1. The molecule has 3 aromatic carbocycles. The maximum Gasteiger partial charge on any atom is 0.221 e. The van der Waals surface area contributed by atoms with E-state index < -0.39 is 0 Å². The Bertz CT molecular complexity index is 990. The number of rotatable bonds is 2. The number of fused-ring (bicyclic) bond motifs is 2. The normalized spacial score (nSPS) is 11.7. The maximum atomic E-state index is 5.87. The molecule has 4 heteroatoms. The largest absolute Gasteiger partial charge is 0.368 e. The van der Waals surface area contributed by atoms with Crippen molar-refractivity contribution in [3.8, 4) is 0 Å². The van der Waals surface area contributed by atoms with Gasteiger partial charge in [0, 0.05) is 5.56 Å². The average molecular weight is 300 g/mol. The molecule has 0 aliphatic carbocycles. The molecule has 0 aliphatic heterocycles. The van der Waals surface area contributed by atoms with E-state index in [0.29, 0.717) is 5.95 Å². The van der Waals surface area contributed by atoms with E-state index in [0.717, 1.165) is 11.3 Å². The maximum absolute atomic E-state index is 5.87. The van der Waals surface area contributed by atoms with Gasteiger partial charge in [-0.2, -0.15) is 5.10 Å². The van der Waals surface area contributed by atoms with Crippen LogP contribution >= 0.6 is 0 Å². The Morgan fingerprint density at radius 3 is 2.17 bits per heavy atom. The van der Waals surface area contributed by atoms with Crippen LogP contribution in [-0.2, 0) is 0 Å². The summed E-state index contributed by atoms with van der Waals surface area (Å²) in [5.74, 6) is 0.392. The van der Waals surface area contributed by atoms with Gasteiger partial charge in [-0.3, -0.25) is 0 Å². The van der Waals surface area contributed by atoms with E-state index in [1.165, 1.54) is 21.5 Å². The molecule has 0 fully saturated rings. The van der Waals surface area contributed by atoms with Crippen LogP contribution in [0.5, 0.6) is 0 Å². The van der Waals surface area contributed by atoms with E-state index >= 15 is 0 Å². The van der Waals surface area contributed by atoms with Crippen LogP contribution in [-0.4, -0.2) is 15.9 Å². The number of nitrogens with two attached hydrogens (primary N) is 1. The van der Waals surface area contributed by atoms with Gasteiger partial charge in [-0.05, 0) is 34.5 Å². The Balaban J connectivity index is 1.97. The molecule has 23 heavy (non-hydrogen) atoms. The summed E-state index contributed by atoms with van der Waals surface area (Å²) in [5.41, 5.74) is 7.81. The molecule has 2 N–H and O–H groups in total. The van der Waals surface area contributed by atoms with Gasteiger partial charge in [0.05, 0.1) is 18.1 Å². The van der Waals surface area contributed by atoms with Crippen molar-refractivity contribution < 1.29 is 0 Å². The van der Waals surface area contributed by atoms with Gasteiger partial charge in [0.25, 0.3) is 0 Å². The lowest BCUT2D eigenvalue weighted by Gasteiger charge is -2.07. The second-order valence-electron chi connectivity index (χ2n) is 5.56. The van der Waals surface area contributed by atoms with Crippen molar-refractivity contribution in [1.29, 1.82) is 0 Å². The van der Waals surface area contributed by atoms with Crippen LogP contribution in [0.4, 0.5) is 5.95 Å². The third kappa shape index (κ3) is 2.34. The molecule has 1 aromatic heterocycles. The number of benzene rings is 3. The van der Waals surface area contributed by atoms with Crippen molar-refractivity contribution in [2.45, 2.75) is 6.92 Å². The standard InChI is InChI=1S/C19H16N4/c1-13-12-23(19(20)22-13)21-11-18-16-8-4-2-6-14(16)10-15-7-3-5-9-17(15)18/h2-12H,1H3,(H2,20,22). The van der Waals surface area contributed by atoms with Crippen LogP contribution in [0.15, 0.2) is 65.9 Å². The van der Waals surface area contributed by atoms with Gasteiger partial charge < -0.3 is 5.73 Å². The minimum atomic E-state index is 0.392. The summed E-state index contributed by atoms with van der Waals surface area (Å²) in [6.45, 7) is 1.90. The molecule has 0 unspecified atom stereocenters. The molecule has 0 bridgehead atoms. The van der Waals surface area contributed by atoms with Crippen molar-refractivity contribution in [2.75, 3.05) is 5.73 Å². The van der Waals surface area contributed by atoms with E-state index in [2.05, 4.69) is 52.5 Å². The van der Waals surface area contributed by atoms with Crippen molar-refractivity contribution in [2.24, 2.45) is 5.10 Å². The highest BCUT2D eigenvalue weighted by Crippen LogP contribution is 2.27. The average Bonchev–Trinajstić information content (AvgIpc) is 2.89. The Morgan fingerprint density at radius 2 is 1.61 bits per heavy atom. The van der Waals surface area contributed by atoms with Crippen LogP contribution in [0.1, 0.15) is 11.3 Å².